The molecule has 0 saturated carbocycles. The number of hydrogen-bond acceptors (Lipinski definition) is 3. The van der Waals surface area contributed by atoms with Gasteiger partial charge in [-0.1, -0.05) is 25.1 Å². The van der Waals surface area contributed by atoms with Gasteiger partial charge >= 0.3 is 0 Å². The predicted octanol–water partition coefficient (Wildman–Crippen LogP) is 2.89. The first-order valence-electron chi connectivity index (χ1n) is 4.20. The molecule has 1 aromatic heterocycles. The fourth-order valence-corrected chi connectivity index (χ4v) is 2.05. The van der Waals surface area contributed by atoms with Gasteiger partial charge in [0.05, 0.1) is 4.70 Å². The minimum Gasteiger partial charge on any atom is -0.292 e. The fraction of sp³-hybridized carbons (Fsp3) is 0.200. The van der Waals surface area contributed by atoms with Crippen LogP contribution in [-0.4, -0.2) is 10.2 Å². The lowest BCUT2D eigenvalue weighted by Gasteiger charge is -1.91. The molecular formula is C10H9NOS. The molecule has 2 rings (SSSR count). The number of carbonyl (C=O) groups excluding carboxylic acids is 1. The molecule has 1 aromatic carbocycles. The molecule has 0 bridgehead atoms. The summed E-state index contributed by atoms with van der Waals surface area (Å²) in [6.07, 6.45) is 0.522. The molecule has 0 aliphatic rings. The molecular weight excluding hydrogens is 182 g/mol. The van der Waals surface area contributed by atoms with Gasteiger partial charge in [-0.2, -0.15) is 4.37 Å². The van der Waals surface area contributed by atoms with Crippen molar-refractivity contribution >= 4 is 27.4 Å². The number of nitrogens with zero attached hydrogens (tertiary/aromatic N) is 1. The maximum Gasteiger partial charge on any atom is 0.182 e. The van der Waals surface area contributed by atoms with Crippen molar-refractivity contribution in [2.75, 3.05) is 0 Å². The zero-order chi connectivity index (χ0) is 9.26. The maximum atomic E-state index is 11.4. The van der Waals surface area contributed by atoms with E-state index >= 15 is 0 Å². The summed E-state index contributed by atoms with van der Waals surface area (Å²) in [6, 6.07) is 7.82. The Morgan fingerprint density at radius 2 is 2.23 bits per heavy atom. The highest BCUT2D eigenvalue weighted by Gasteiger charge is 2.11. The van der Waals surface area contributed by atoms with Crippen LogP contribution in [0, 0.1) is 0 Å². The number of Topliss-reactive ketones (excluding diaryl/α,β-unsaturated/α-hetero) is 1. The van der Waals surface area contributed by atoms with Gasteiger partial charge in [-0.05, 0) is 17.6 Å². The number of fused-ring (bicyclic) bond motifs is 1. The van der Waals surface area contributed by atoms with E-state index in [1.54, 1.807) is 0 Å². The van der Waals surface area contributed by atoms with Gasteiger partial charge in [0.15, 0.2) is 5.78 Å². The van der Waals surface area contributed by atoms with Crippen LogP contribution in [0.3, 0.4) is 0 Å². The third-order valence-corrected chi connectivity index (χ3v) is 2.79. The summed E-state index contributed by atoms with van der Waals surface area (Å²) in [4.78, 5) is 11.4. The number of carbonyl (C=O) groups is 1. The summed E-state index contributed by atoms with van der Waals surface area (Å²) in [6.45, 7) is 1.86. The molecule has 0 spiro atoms. The molecule has 1 heterocycles. The van der Waals surface area contributed by atoms with E-state index in [0.29, 0.717) is 12.1 Å². The standard InChI is InChI=1S/C10H9NOS/c1-2-8(12)10-7-5-3-4-6-9(7)13-11-10/h3-6H,2H2,1H3. The lowest BCUT2D eigenvalue weighted by atomic mass is 10.1. The Hall–Kier alpha value is -1.22. The Morgan fingerprint density at radius 3 is 3.00 bits per heavy atom. The van der Waals surface area contributed by atoms with Crippen molar-refractivity contribution in [3.05, 3.63) is 30.0 Å². The van der Waals surface area contributed by atoms with E-state index < -0.39 is 0 Å². The van der Waals surface area contributed by atoms with Gasteiger partial charge in [0.25, 0.3) is 0 Å². The third-order valence-electron chi connectivity index (χ3n) is 1.96. The van der Waals surface area contributed by atoms with E-state index in [0.717, 1.165) is 10.1 Å². The highest BCUT2D eigenvalue weighted by Crippen LogP contribution is 2.22. The van der Waals surface area contributed by atoms with Crippen LogP contribution in [-0.2, 0) is 0 Å². The Morgan fingerprint density at radius 1 is 1.46 bits per heavy atom. The van der Waals surface area contributed by atoms with Gasteiger partial charge in [-0.3, -0.25) is 4.79 Å². The van der Waals surface area contributed by atoms with Crippen LogP contribution in [0.4, 0.5) is 0 Å². The van der Waals surface area contributed by atoms with Gasteiger partial charge in [-0.25, -0.2) is 0 Å². The van der Waals surface area contributed by atoms with E-state index in [1.165, 1.54) is 11.5 Å². The zero-order valence-electron chi connectivity index (χ0n) is 7.28. The summed E-state index contributed by atoms with van der Waals surface area (Å²) in [7, 11) is 0. The molecule has 0 N–H and O–H groups in total. The van der Waals surface area contributed by atoms with Crippen molar-refractivity contribution in [3.8, 4) is 0 Å². The molecule has 3 heteroatoms. The van der Waals surface area contributed by atoms with Crippen molar-refractivity contribution in [1.82, 2.24) is 4.37 Å². The largest absolute Gasteiger partial charge is 0.292 e. The smallest absolute Gasteiger partial charge is 0.182 e. The Balaban J connectivity index is 2.64. The average Bonchev–Trinajstić information content (AvgIpc) is 2.60. The quantitative estimate of drug-likeness (QED) is 0.683. The van der Waals surface area contributed by atoms with Crippen molar-refractivity contribution in [3.63, 3.8) is 0 Å². The number of aromatic nitrogens is 1. The van der Waals surface area contributed by atoms with Gasteiger partial charge in [0, 0.05) is 11.8 Å². The molecule has 0 aliphatic heterocycles. The van der Waals surface area contributed by atoms with Crippen LogP contribution in [0.5, 0.6) is 0 Å². The Bertz CT molecular complexity index is 447. The van der Waals surface area contributed by atoms with Crippen LogP contribution in [0.2, 0.25) is 0 Å². The van der Waals surface area contributed by atoms with Crippen LogP contribution in [0.15, 0.2) is 24.3 Å². The number of ketones is 1. The van der Waals surface area contributed by atoms with Gasteiger partial charge in [0.1, 0.15) is 5.69 Å². The molecule has 0 amide bonds. The highest BCUT2D eigenvalue weighted by atomic mass is 32.1. The topological polar surface area (TPSA) is 30.0 Å². The SMILES string of the molecule is CCC(=O)c1nsc2ccccc12. The van der Waals surface area contributed by atoms with Gasteiger partial charge in [-0.15, -0.1) is 0 Å². The second kappa shape index (κ2) is 3.26. The number of rotatable bonds is 2. The summed E-state index contributed by atoms with van der Waals surface area (Å²) < 4.78 is 5.24. The molecule has 66 valence electrons. The van der Waals surface area contributed by atoms with Gasteiger partial charge < -0.3 is 0 Å². The minimum absolute atomic E-state index is 0.123. The molecule has 2 nitrogen and oxygen atoms in total. The van der Waals surface area contributed by atoms with Crippen LogP contribution in [0.1, 0.15) is 23.8 Å². The van der Waals surface area contributed by atoms with E-state index in [4.69, 9.17) is 0 Å². The first-order chi connectivity index (χ1) is 6.33. The summed E-state index contributed by atoms with van der Waals surface area (Å²) in [5.74, 6) is 0.123. The van der Waals surface area contributed by atoms with Crippen LogP contribution in [0.25, 0.3) is 10.1 Å². The number of benzene rings is 1. The van der Waals surface area contributed by atoms with Crippen LogP contribution >= 0.6 is 11.5 Å². The Labute approximate surface area is 80.4 Å². The second-order valence-electron chi connectivity index (χ2n) is 2.80. The first-order valence-corrected chi connectivity index (χ1v) is 4.98. The van der Waals surface area contributed by atoms with E-state index in [1.807, 2.05) is 31.2 Å². The van der Waals surface area contributed by atoms with Crippen molar-refractivity contribution < 1.29 is 4.79 Å². The number of hydrogen-bond donors (Lipinski definition) is 0. The van der Waals surface area contributed by atoms with Crippen molar-refractivity contribution in [2.45, 2.75) is 13.3 Å². The summed E-state index contributed by atoms with van der Waals surface area (Å²) >= 11 is 1.39. The predicted molar refractivity (Wildman–Crippen MR) is 54.2 cm³/mol. The van der Waals surface area contributed by atoms with Gasteiger partial charge in [0.2, 0.25) is 0 Å². The van der Waals surface area contributed by atoms with E-state index in [9.17, 15) is 4.79 Å². The van der Waals surface area contributed by atoms with Crippen LogP contribution < -0.4 is 0 Å². The lowest BCUT2D eigenvalue weighted by molar-refractivity contribution is 0.0986. The average molecular weight is 191 g/mol. The Kier molecular flexibility index (Phi) is 2.10. The first kappa shape index (κ1) is 8.38. The molecule has 0 radical (unpaired) electrons. The molecule has 0 aliphatic carbocycles. The second-order valence-corrected chi connectivity index (χ2v) is 3.61. The summed E-state index contributed by atoms with van der Waals surface area (Å²) in [5.41, 5.74) is 0.628. The molecule has 0 fully saturated rings. The van der Waals surface area contributed by atoms with E-state index in [-0.39, 0.29) is 5.78 Å². The minimum atomic E-state index is 0.123. The monoisotopic (exact) mass is 191 g/mol. The molecule has 0 atom stereocenters. The molecule has 0 unspecified atom stereocenters. The molecule has 0 saturated heterocycles. The third kappa shape index (κ3) is 1.35. The highest BCUT2D eigenvalue weighted by molar-refractivity contribution is 7.13. The lowest BCUT2D eigenvalue weighted by Crippen LogP contribution is -1.96. The molecule has 13 heavy (non-hydrogen) atoms. The summed E-state index contributed by atoms with van der Waals surface area (Å²) in [5, 5.41) is 0.986. The maximum absolute atomic E-state index is 11.4. The fourth-order valence-electron chi connectivity index (χ4n) is 1.25. The zero-order valence-corrected chi connectivity index (χ0v) is 8.10. The van der Waals surface area contributed by atoms with Crippen molar-refractivity contribution in [1.29, 1.82) is 0 Å². The van der Waals surface area contributed by atoms with E-state index in [2.05, 4.69) is 4.37 Å². The van der Waals surface area contributed by atoms with Crippen molar-refractivity contribution in [2.24, 2.45) is 0 Å². The molecule has 2 aromatic rings. The normalized spacial score (nSPS) is 10.5.